The smallest absolute Gasteiger partial charge is 0.113 e. The molecule has 0 bridgehead atoms. The van der Waals surface area contributed by atoms with Gasteiger partial charge in [0.2, 0.25) is 0 Å². The van der Waals surface area contributed by atoms with Gasteiger partial charge in [-0.1, -0.05) is 0 Å². The van der Waals surface area contributed by atoms with E-state index in [1.165, 1.54) is 24.4 Å². The molecule has 1 atom stereocenters. The van der Waals surface area contributed by atoms with Gasteiger partial charge in [-0.05, 0) is 19.8 Å². The molecule has 2 rings (SSSR count). The summed E-state index contributed by atoms with van der Waals surface area (Å²) in [6.07, 6.45) is 4.39. The normalized spacial score (nSPS) is 19.1. The Hall–Kier alpha value is -0.250. The molecule has 2 heterocycles. The van der Waals surface area contributed by atoms with Crippen LogP contribution in [-0.2, 0) is 6.54 Å². The molecule has 0 aliphatic carbocycles. The standard InChI is InChI=1S/C9H15N3.2ClH/c1-7-6-11-9-8(5-10)3-2-4-12(7)9;;/h6,8H,2-5,10H2,1H3;2*1H. The Bertz CT molecular complexity index is 286. The maximum Gasteiger partial charge on any atom is 0.113 e. The Balaban J connectivity index is 0.000000845. The van der Waals surface area contributed by atoms with Crippen molar-refractivity contribution in [3.8, 4) is 0 Å². The first-order chi connectivity index (χ1) is 5.83. The van der Waals surface area contributed by atoms with Gasteiger partial charge in [-0.25, -0.2) is 4.98 Å². The van der Waals surface area contributed by atoms with Crippen LogP contribution in [-0.4, -0.2) is 16.1 Å². The van der Waals surface area contributed by atoms with Gasteiger partial charge in [-0.2, -0.15) is 0 Å². The van der Waals surface area contributed by atoms with E-state index in [0.717, 1.165) is 13.1 Å². The predicted molar refractivity (Wildman–Crippen MR) is 62.5 cm³/mol. The fourth-order valence-electron chi connectivity index (χ4n) is 1.94. The average molecular weight is 238 g/mol. The van der Waals surface area contributed by atoms with Crippen LogP contribution in [0.4, 0.5) is 0 Å². The molecule has 5 heteroatoms. The van der Waals surface area contributed by atoms with Crippen molar-refractivity contribution >= 4 is 24.8 Å². The number of imidazole rings is 1. The van der Waals surface area contributed by atoms with Crippen LogP contribution in [0.1, 0.15) is 30.3 Å². The molecule has 1 aromatic heterocycles. The van der Waals surface area contributed by atoms with E-state index < -0.39 is 0 Å². The summed E-state index contributed by atoms with van der Waals surface area (Å²) in [5.41, 5.74) is 6.94. The minimum Gasteiger partial charge on any atom is -0.332 e. The molecule has 14 heavy (non-hydrogen) atoms. The molecule has 1 unspecified atom stereocenters. The number of rotatable bonds is 1. The third-order valence-electron chi connectivity index (χ3n) is 2.67. The van der Waals surface area contributed by atoms with Gasteiger partial charge in [0.25, 0.3) is 0 Å². The minimum absolute atomic E-state index is 0. The molecular formula is C9H17Cl2N3. The monoisotopic (exact) mass is 237 g/mol. The van der Waals surface area contributed by atoms with Gasteiger partial charge in [-0.15, -0.1) is 24.8 Å². The molecule has 1 aromatic rings. The zero-order valence-corrected chi connectivity index (χ0v) is 9.90. The summed E-state index contributed by atoms with van der Waals surface area (Å²) in [5.74, 6) is 1.69. The lowest BCUT2D eigenvalue weighted by atomic mass is 9.99. The van der Waals surface area contributed by atoms with Gasteiger partial charge >= 0.3 is 0 Å². The highest BCUT2D eigenvalue weighted by Gasteiger charge is 2.20. The molecule has 82 valence electrons. The van der Waals surface area contributed by atoms with E-state index in [4.69, 9.17) is 5.73 Å². The zero-order chi connectivity index (χ0) is 8.55. The molecule has 1 aliphatic heterocycles. The molecule has 0 amide bonds. The van der Waals surface area contributed by atoms with E-state index in [1.54, 1.807) is 0 Å². The predicted octanol–water partition coefficient (Wildman–Crippen LogP) is 1.87. The summed E-state index contributed by atoms with van der Waals surface area (Å²) in [5, 5.41) is 0. The summed E-state index contributed by atoms with van der Waals surface area (Å²) in [6, 6.07) is 0. The number of halogens is 2. The molecule has 0 spiro atoms. The van der Waals surface area contributed by atoms with Gasteiger partial charge < -0.3 is 10.3 Å². The van der Waals surface area contributed by atoms with Crippen molar-refractivity contribution in [1.82, 2.24) is 9.55 Å². The van der Waals surface area contributed by atoms with Crippen molar-refractivity contribution in [2.75, 3.05) is 6.54 Å². The lowest BCUT2D eigenvalue weighted by Crippen LogP contribution is -2.22. The molecule has 0 fully saturated rings. The van der Waals surface area contributed by atoms with Crippen LogP contribution >= 0.6 is 24.8 Å². The zero-order valence-electron chi connectivity index (χ0n) is 8.27. The Labute approximate surface area is 96.9 Å². The van der Waals surface area contributed by atoms with E-state index in [9.17, 15) is 0 Å². The van der Waals surface area contributed by atoms with E-state index in [-0.39, 0.29) is 24.8 Å². The number of aryl methyl sites for hydroxylation is 1. The lowest BCUT2D eigenvalue weighted by molar-refractivity contribution is 0.443. The fraction of sp³-hybridized carbons (Fsp3) is 0.667. The summed E-state index contributed by atoms with van der Waals surface area (Å²) in [6.45, 7) is 3.96. The second-order valence-electron chi connectivity index (χ2n) is 3.48. The molecule has 0 saturated heterocycles. The number of hydrogen-bond acceptors (Lipinski definition) is 2. The maximum absolute atomic E-state index is 5.67. The van der Waals surface area contributed by atoms with E-state index in [2.05, 4.69) is 16.5 Å². The maximum atomic E-state index is 5.67. The van der Waals surface area contributed by atoms with Crippen molar-refractivity contribution in [2.45, 2.75) is 32.2 Å². The first kappa shape index (κ1) is 13.8. The quantitative estimate of drug-likeness (QED) is 0.811. The van der Waals surface area contributed by atoms with Crippen molar-refractivity contribution in [2.24, 2.45) is 5.73 Å². The largest absolute Gasteiger partial charge is 0.332 e. The van der Waals surface area contributed by atoms with Crippen LogP contribution in [0.5, 0.6) is 0 Å². The van der Waals surface area contributed by atoms with Crippen LogP contribution < -0.4 is 5.73 Å². The van der Waals surface area contributed by atoms with Gasteiger partial charge in [-0.3, -0.25) is 0 Å². The molecule has 1 aliphatic rings. The summed E-state index contributed by atoms with van der Waals surface area (Å²) in [4.78, 5) is 4.39. The number of fused-ring (bicyclic) bond motifs is 1. The SMILES string of the molecule is Cc1cnc2n1CCCC2CN.Cl.Cl. The Morgan fingerprint density at radius 2 is 2.29 bits per heavy atom. The second-order valence-corrected chi connectivity index (χ2v) is 3.48. The van der Waals surface area contributed by atoms with Crippen molar-refractivity contribution in [3.63, 3.8) is 0 Å². The van der Waals surface area contributed by atoms with E-state index in [1.807, 2.05) is 6.20 Å². The number of hydrogen-bond donors (Lipinski definition) is 1. The number of nitrogens with two attached hydrogens (primary N) is 1. The molecule has 0 aromatic carbocycles. The summed E-state index contributed by atoms with van der Waals surface area (Å²) < 4.78 is 2.29. The minimum atomic E-state index is 0. The highest BCUT2D eigenvalue weighted by atomic mass is 35.5. The van der Waals surface area contributed by atoms with Gasteiger partial charge in [0.15, 0.2) is 0 Å². The van der Waals surface area contributed by atoms with Crippen LogP contribution in [0.3, 0.4) is 0 Å². The van der Waals surface area contributed by atoms with Gasteiger partial charge in [0.05, 0.1) is 0 Å². The molecule has 2 N–H and O–H groups in total. The van der Waals surface area contributed by atoms with Gasteiger partial charge in [0, 0.05) is 30.9 Å². The Kier molecular flexibility index (Phi) is 5.49. The van der Waals surface area contributed by atoms with Crippen molar-refractivity contribution in [3.05, 3.63) is 17.7 Å². The Morgan fingerprint density at radius 3 is 2.93 bits per heavy atom. The molecule has 0 radical (unpaired) electrons. The van der Waals surface area contributed by atoms with Crippen molar-refractivity contribution < 1.29 is 0 Å². The first-order valence-corrected chi connectivity index (χ1v) is 4.55. The van der Waals surface area contributed by atoms with Crippen LogP contribution in [0.2, 0.25) is 0 Å². The van der Waals surface area contributed by atoms with E-state index >= 15 is 0 Å². The Morgan fingerprint density at radius 1 is 1.57 bits per heavy atom. The topological polar surface area (TPSA) is 43.8 Å². The number of aromatic nitrogens is 2. The molecular weight excluding hydrogens is 221 g/mol. The van der Waals surface area contributed by atoms with Gasteiger partial charge in [0.1, 0.15) is 5.82 Å². The fourth-order valence-corrected chi connectivity index (χ4v) is 1.94. The summed E-state index contributed by atoms with van der Waals surface area (Å²) >= 11 is 0. The van der Waals surface area contributed by atoms with Crippen LogP contribution in [0, 0.1) is 6.92 Å². The lowest BCUT2D eigenvalue weighted by Gasteiger charge is -2.22. The number of nitrogens with zero attached hydrogens (tertiary/aromatic N) is 2. The average Bonchev–Trinajstić information content (AvgIpc) is 2.48. The van der Waals surface area contributed by atoms with Crippen molar-refractivity contribution in [1.29, 1.82) is 0 Å². The van der Waals surface area contributed by atoms with E-state index in [0.29, 0.717) is 5.92 Å². The first-order valence-electron chi connectivity index (χ1n) is 4.55. The highest BCUT2D eigenvalue weighted by molar-refractivity contribution is 5.85. The third kappa shape index (κ3) is 2.22. The third-order valence-corrected chi connectivity index (χ3v) is 2.67. The second kappa shape index (κ2) is 5.59. The summed E-state index contributed by atoms with van der Waals surface area (Å²) in [7, 11) is 0. The highest BCUT2D eigenvalue weighted by Crippen LogP contribution is 2.25. The molecule has 3 nitrogen and oxygen atoms in total. The molecule has 0 saturated carbocycles. The van der Waals surface area contributed by atoms with Crippen LogP contribution in [0.25, 0.3) is 0 Å². The van der Waals surface area contributed by atoms with Crippen LogP contribution in [0.15, 0.2) is 6.20 Å².